The Labute approximate surface area is 149 Å². The number of carbonyl (C=O) groups excluding carboxylic acids is 1. The Morgan fingerprint density at radius 2 is 1.80 bits per heavy atom. The molecule has 5 nitrogen and oxygen atoms in total. The quantitative estimate of drug-likeness (QED) is 0.827. The van der Waals surface area contributed by atoms with E-state index < -0.39 is 34.1 Å². The zero-order chi connectivity index (χ0) is 18.6. The third kappa shape index (κ3) is 5.40. The van der Waals surface area contributed by atoms with Gasteiger partial charge < -0.3 is 5.32 Å². The highest BCUT2D eigenvalue weighted by Crippen LogP contribution is 2.24. The molecule has 2 aromatic rings. The molecule has 0 bridgehead atoms. The van der Waals surface area contributed by atoms with Crippen LogP contribution in [0, 0.1) is 11.6 Å². The second-order valence-electron chi connectivity index (χ2n) is 5.27. The van der Waals surface area contributed by atoms with Crippen molar-refractivity contribution in [1.29, 1.82) is 0 Å². The molecule has 25 heavy (non-hydrogen) atoms. The van der Waals surface area contributed by atoms with Crippen LogP contribution in [0.5, 0.6) is 0 Å². The van der Waals surface area contributed by atoms with E-state index in [0.717, 1.165) is 22.7 Å². The molecule has 2 rings (SSSR count). The van der Waals surface area contributed by atoms with Crippen molar-refractivity contribution in [2.45, 2.75) is 6.54 Å². The number of hydrogen-bond donors (Lipinski definition) is 1. The van der Waals surface area contributed by atoms with E-state index in [0.29, 0.717) is 5.56 Å². The lowest BCUT2D eigenvalue weighted by molar-refractivity contribution is -0.119. The maximum atomic E-state index is 13.3. The molecule has 0 aliphatic carbocycles. The summed E-state index contributed by atoms with van der Waals surface area (Å²) in [5.41, 5.74) is 0.733. The zero-order valence-electron chi connectivity index (χ0n) is 13.2. The van der Waals surface area contributed by atoms with Gasteiger partial charge in [0.15, 0.2) is 0 Å². The minimum Gasteiger partial charge on any atom is -0.350 e. The Balaban J connectivity index is 2.10. The lowest BCUT2D eigenvalue weighted by Crippen LogP contribution is -2.40. The number of anilines is 1. The van der Waals surface area contributed by atoms with Gasteiger partial charge in [-0.25, -0.2) is 17.2 Å². The fourth-order valence-electron chi connectivity index (χ4n) is 2.03. The second kappa shape index (κ2) is 7.79. The third-order valence-corrected chi connectivity index (χ3v) is 4.71. The topological polar surface area (TPSA) is 66.5 Å². The summed E-state index contributed by atoms with van der Waals surface area (Å²) in [5, 5.41) is 2.29. The molecule has 1 amide bonds. The van der Waals surface area contributed by atoms with Gasteiger partial charge in [0, 0.05) is 6.54 Å². The first-order valence-electron chi connectivity index (χ1n) is 7.11. The van der Waals surface area contributed by atoms with E-state index in [1.54, 1.807) is 0 Å². The van der Waals surface area contributed by atoms with Crippen LogP contribution < -0.4 is 9.62 Å². The SMILES string of the molecule is CS(=O)(=O)N(CC(=O)NCc1ccc(F)cc1)c1ccc(F)c(Cl)c1. The smallest absolute Gasteiger partial charge is 0.241 e. The molecule has 0 saturated heterocycles. The van der Waals surface area contributed by atoms with E-state index in [-0.39, 0.29) is 17.3 Å². The summed E-state index contributed by atoms with van der Waals surface area (Å²) in [6.07, 6.45) is 0.928. The van der Waals surface area contributed by atoms with E-state index in [4.69, 9.17) is 11.6 Å². The first-order valence-corrected chi connectivity index (χ1v) is 9.33. The van der Waals surface area contributed by atoms with Crippen molar-refractivity contribution >= 4 is 33.2 Å². The second-order valence-corrected chi connectivity index (χ2v) is 7.59. The van der Waals surface area contributed by atoms with Crippen molar-refractivity contribution in [2.75, 3.05) is 17.1 Å². The lowest BCUT2D eigenvalue weighted by Gasteiger charge is -2.22. The molecule has 0 atom stereocenters. The zero-order valence-corrected chi connectivity index (χ0v) is 14.7. The first kappa shape index (κ1) is 19.1. The van der Waals surface area contributed by atoms with Gasteiger partial charge in [0.2, 0.25) is 15.9 Å². The maximum absolute atomic E-state index is 13.3. The third-order valence-electron chi connectivity index (χ3n) is 3.28. The van der Waals surface area contributed by atoms with Crippen LogP contribution in [0.25, 0.3) is 0 Å². The van der Waals surface area contributed by atoms with E-state index in [2.05, 4.69) is 5.32 Å². The molecule has 0 aliphatic rings. The molecule has 0 fully saturated rings. The normalized spacial score (nSPS) is 11.2. The van der Waals surface area contributed by atoms with Gasteiger partial charge >= 0.3 is 0 Å². The van der Waals surface area contributed by atoms with E-state index >= 15 is 0 Å². The number of hydrogen-bond acceptors (Lipinski definition) is 3. The molecule has 2 aromatic carbocycles. The van der Waals surface area contributed by atoms with Gasteiger partial charge in [-0.05, 0) is 35.9 Å². The van der Waals surface area contributed by atoms with Crippen molar-refractivity contribution in [3.63, 3.8) is 0 Å². The number of nitrogens with zero attached hydrogens (tertiary/aromatic N) is 1. The van der Waals surface area contributed by atoms with Crippen molar-refractivity contribution in [1.82, 2.24) is 5.32 Å². The summed E-state index contributed by atoms with van der Waals surface area (Å²) in [5.74, 6) is -1.67. The molecule has 0 radical (unpaired) electrons. The Kier molecular flexibility index (Phi) is 5.97. The molecular weight excluding hydrogens is 374 g/mol. The van der Waals surface area contributed by atoms with Crippen LogP contribution in [0.2, 0.25) is 5.02 Å². The first-order chi connectivity index (χ1) is 11.7. The fraction of sp³-hybridized carbons (Fsp3) is 0.188. The van der Waals surface area contributed by atoms with Crippen LogP contribution >= 0.6 is 11.6 Å². The molecule has 0 spiro atoms. The van der Waals surface area contributed by atoms with Gasteiger partial charge in [0.25, 0.3) is 0 Å². The highest BCUT2D eigenvalue weighted by atomic mass is 35.5. The predicted octanol–water partition coefficient (Wildman–Crippen LogP) is 2.70. The van der Waals surface area contributed by atoms with Crippen molar-refractivity contribution in [3.8, 4) is 0 Å². The van der Waals surface area contributed by atoms with E-state index in [1.165, 1.54) is 30.3 Å². The number of benzene rings is 2. The number of rotatable bonds is 6. The Bertz CT molecular complexity index is 873. The minimum atomic E-state index is -3.79. The molecule has 134 valence electrons. The Hall–Kier alpha value is -2.19. The number of halogens is 3. The predicted molar refractivity (Wildman–Crippen MR) is 91.8 cm³/mol. The molecule has 9 heteroatoms. The monoisotopic (exact) mass is 388 g/mol. The molecule has 0 aromatic heterocycles. The number of sulfonamides is 1. The average molecular weight is 389 g/mol. The highest BCUT2D eigenvalue weighted by Gasteiger charge is 2.21. The van der Waals surface area contributed by atoms with E-state index in [1.807, 2.05) is 0 Å². The lowest BCUT2D eigenvalue weighted by atomic mass is 10.2. The van der Waals surface area contributed by atoms with Crippen LogP contribution in [-0.4, -0.2) is 27.1 Å². The van der Waals surface area contributed by atoms with Gasteiger partial charge in [-0.1, -0.05) is 23.7 Å². The molecule has 0 aliphatic heterocycles. The van der Waals surface area contributed by atoms with Crippen LogP contribution in [0.4, 0.5) is 14.5 Å². The summed E-state index contributed by atoms with van der Waals surface area (Å²) >= 11 is 5.67. The number of nitrogens with one attached hydrogen (secondary N) is 1. The van der Waals surface area contributed by atoms with Gasteiger partial charge in [0.05, 0.1) is 17.0 Å². The van der Waals surface area contributed by atoms with Crippen LogP contribution in [0.3, 0.4) is 0 Å². The number of carbonyl (C=O) groups is 1. The van der Waals surface area contributed by atoms with Crippen molar-refractivity contribution < 1.29 is 22.0 Å². The molecule has 0 unspecified atom stereocenters. The average Bonchev–Trinajstić information content (AvgIpc) is 2.54. The van der Waals surface area contributed by atoms with Crippen LogP contribution in [-0.2, 0) is 21.4 Å². The van der Waals surface area contributed by atoms with Crippen molar-refractivity contribution in [2.24, 2.45) is 0 Å². The molecule has 0 saturated carbocycles. The number of amides is 1. The Morgan fingerprint density at radius 3 is 2.36 bits per heavy atom. The molecular formula is C16H15ClF2N2O3S. The van der Waals surface area contributed by atoms with Gasteiger partial charge in [0.1, 0.15) is 18.2 Å². The van der Waals surface area contributed by atoms with Crippen LogP contribution in [0.15, 0.2) is 42.5 Å². The standard InChI is InChI=1S/C16H15ClF2N2O3S/c1-25(23,24)21(13-6-7-15(19)14(17)8-13)10-16(22)20-9-11-2-4-12(18)5-3-11/h2-8H,9-10H2,1H3,(H,20,22). The summed E-state index contributed by atoms with van der Waals surface area (Å²) in [6, 6.07) is 8.88. The Morgan fingerprint density at radius 1 is 1.16 bits per heavy atom. The van der Waals surface area contributed by atoms with Crippen LogP contribution in [0.1, 0.15) is 5.56 Å². The molecule has 0 heterocycles. The summed E-state index contributed by atoms with van der Waals surface area (Å²) < 4.78 is 50.8. The van der Waals surface area contributed by atoms with Gasteiger partial charge in [-0.15, -0.1) is 0 Å². The van der Waals surface area contributed by atoms with Crippen molar-refractivity contribution in [3.05, 3.63) is 64.7 Å². The summed E-state index contributed by atoms with van der Waals surface area (Å²) in [4.78, 5) is 12.1. The maximum Gasteiger partial charge on any atom is 0.241 e. The largest absolute Gasteiger partial charge is 0.350 e. The summed E-state index contributed by atoms with van der Waals surface area (Å²) in [7, 11) is -3.79. The fourth-order valence-corrected chi connectivity index (χ4v) is 3.05. The summed E-state index contributed by atoms with van der Waals surface area (Å²) in [6.45, 7) is -0.386. The van der Waals surface area contributed by atoms with Gasteiger partial charge in [-0.2, -0.15) is 0 Å². The molecule has 1 N–H and O–H groups in total. The highest BCUT2D eigenvalue weighted by molar-refractivity contribution is 7.92. The van der Waals surface area contributed by atoms with Gasteiger partial charge in [-0.3, -0.25) is 9.10 Å². The minimum absolute atomic E-state index is 0.0748. The van der Waals surface area contributed by atoms with E-state index in [9.17, 15) is 22.0 Å².